The molecule has 1 heterocycles. The molecule has 1 saturated heterocycles. The summed E-state index contributed by atoms with van der Waals surface area (Å²) < 4.78 is 23.7. The number of nitrogens with zero attached hydrogens (tertiary/aromatic N) is 2. The molecule has 0 aliphatic carbocycles. The number of halogens is 1. The van der Waals surface area contributed by atoms with E-state index < -0.39 is 14.6 Å². The molecule has 0 aromatic heterocycles. The van der Waals surface area contributed by atoms with Gasteiger partial charge in [0.1, 0.15) is 0 Å². The summed E-state index contributed by atoms with van der Waals surface area (Å²) in [6.07, 6.45) is 0. The van der Waals surface area contributed by atoms with Gasteiger partial charge >= 0.3 is 0 Å². The van der Waals surface area contributed by atoms with E-state index in [9.17, 15) is 8.42 Å². The van der Waals surface area contributed by atoms with E-state index in [4.69, 9.17) is 4.99 Å². The van der Waals surface area contributed by atoms with Crippen molar-refractivity contribution in [3.63, 3.8) is 0 Å². The topological polar surface area (TPSA) is 61.8 Å². The number of thioether (sulfide) groups is 1. The lowest BCUT2D eigenvalue weighted by atomic mass is 10.2. The highest BCUT2D eigenvalue weighted by Gasteiger charge is 2.40. The number of nitrogens with one attached hydrogen (secondary N) is 1. The van der Waals surface area contributed by atoms with Crippen LogP contribution in [-0.2, 0) is 15.6 Å². The van der Waals surface area contributed by atoms with Crippen LogP contribution in [-0.4, -0.2) is 61.7 Å². The molecular formula is C19H32IN3O2S2. The summed E-state index contributed by atoms with van der Waals surface area (Å²) in [5.41, 5.74) is 2.62. The molecule has 2 rings (SSSR count). The lowest BCUT2D eigenvalue weighted by Crippen LogP contribution is -2.57. The van der Waals surface area contributed by atoms with Crippen molar-refractivity contribution in [1.82, 2.24) is 10.2 Å². The molecule has 0 amide bonds. The number of aliphatic imine (C=N–C) groups is 1. The Morgan fingerprint density at radius 3 is 2.56 bits per heavy atom. The van der Waals surface area contributed by atoms with Gasteiger partial charge < -0.3 is 10.2 Å². The molecule has 154 valence electrons. The minimum absolute atomic E-state index is 0. The average Bonchev–Trinajstić information content (AvgIpc) is 2.58. The largest absolute Gasteiger partial charge is 0.357 e. The van der Waals surface area contributed by atoms with E-state index in [1.807, 2.05) is 18.7 Å². The molecule has 0 saturated carbocycles. The second-order valence-electron chi connectivity index (χ2n) is 7.27. The molecule has 1 aromatic carbocycles. The van der Waals surface area contributed by atoms with Gasteiger partial charge in [-0.05, 0) is 33.3 Å². The first-order valence-corrected chi connectivity index (χ1v) is 11.9. The monoisotopic (exact) mass is 525 g/mol. The van der Waals surface area contributed by atoms with Gasteiger partial charge in [-0.2, -0.15) is 11.8 Å². The predicted octanol–water partition coefficient (Wildman–Crippen LogP) is 3.32. The SMILES string of the molecule is CCNC(=NCCSCc1ccc(C)cc1)N1CCS(=O)(=O)C(C)(C)C1.I. The Bertz CT molecular complexity index is 719. The fraction of sp³-hybridized carbons (Fsp3) is 0.632. The van der Waals surface area contributed by atoms with E-state index in [0.717, 1.165) is 30.6 Å². The van der Waals surface area contributed by atoms with Crippen molar-refractivity contribution in [2.75, 3.05) is 37.7 Å². The van der Waals surface area contributed by atoms with E-state index in [1.54, 1.807) is 13.8 Å². The average molecular weight is 526 g/mol. The van der Waals surface area contributed by atoms with Crippen molar-refractivity contribution in [2.45, 2.75) is 38.2 Å². The minimum atomic E-state index is -3.03. The molecule has 0 spiro atoms. The second kappa shape index (κ2) is 10.9. The zero-order valence-electron chi connectivity index (χ0n) is 16.7. The predicted molar refractivity (Wildman–Crippen MR) is 128 cm³/mol. The van der Waals surface area contributed by atoms with Gasteiger partial charge in [-0.25, -0.2) is 8.42 Å². The molecule has 0 bridgehead atoms. The van der Waals surface area contributed by atoms with E-state index in [2.05, 4.69) is 41.4 Å². The van der Waals surface area contributed by atoms with E-state index in [1.165, 1.54) is 11.1 Å². The maximum Gasteiger partial charge on any atom is 0.194 e. The number of hydrogen-bond acceptors (Lipinski definition) is 4. The van der Waals surface area contributed by atoms with Gasteiger partial charge in [0.25, 0.3) is 0 Å². The molecule has 1 aliphatic heterocycles. The van der Waals surface area contributed by atoms with Crippen LogP contribution in [0, 0.1) is 6.92 Å². The Labute approximate surface area is 185 Å². The van der Waals surface area contributed by atoms with Crippen LogP contribution in [0.3, 0.4) is 0 Å². The first-order chi connectivity index (χ1) is 12.2. The van der Waals surface area contributed by atoms with Gasteiger partial charge in [0, 0.05) is 31.1 Å². The van der Waals surface area contributed by atoms with Crippen molar-refractivity contribution in [1.29, 1.82) is 0 Å². The lowest BCUT2D eigenvalue weighted by Gasteiger charge is -2.39. The molecule has 0 unspecified atom stereocenters. The summed E-state index contributed by atoms with van der Waals surface area (Å²) in [5, 5.41) is 3.30. The number of sulfone groups is 1. The summed E-state index contributed by atoms with van der Waals surface area (Å²) in [7, 11) is -3.03. The van der Waals surface area contributed by atoms with Crippen LogP contribution in [0.4, 0.5) is 0 Å². The molecule has 8 heteroatoms. The summed E-state index contributed by atoms with van der Waals surface area (Å²) in [6, 6.07) is 8.63. The number of hydrogen-bond donors (Lipinski definition) is 1. The quantitative estimate of drug-likeness (QED) is 0.267. The summed E-state index contributed by atoms with van der Waals surface area (Å²) in [4.78, 5) is 6.79. The highest BCUT2D eigenvalue weighted by atomic mass is 127. The summed E-state index contributed by atoms with van der Waals surface area (Å²) in [6.45, 7) is 10.2. The number of aryl methyl sites for hydroxylation is 1. The zero-order chi connectivity index (χ0) is 19.2. The van der Waals surface area contributed by atoms with Crippen molar-refractivity contribution >= 4 is 51.5 Å². The first-order valence-electron chi connectivity index (χ1n) is 9.14. The van der Waals surface area contributed by atoms with E-state index in [-0.39, 0.29) is 29.7 Å². The molecule has 1 aromatic rings. The number of rotatable bonds is 6. The van der Waals surface area contributed by atoms with Gasteiger partial charge in [-0.1, -0.05) is 29.8 Å². The summed E-state index contributed by atoms with van der Waals surface area (Å²) in [5.74, 6) is 2.94. The Hall–Kier alpha value is -0.480. The maximum atomic E-state index is 12.2. The molecule has 27 heavy (non-hydrogen) atoms. The Balaban J connectivity index is 0.00000364. The van der Waals surface area contributed by atoms with Gasteiger partial charge in [0.05, 0.1) is 17.0 Å². The van der Waals surface area contributed by atoms with Gasteiger partial charge in [0.15, 0.2) is 15.8 Å². The Morgan fingerprint density at radius 2 is 1.96 bits per heavy atom. The fourth-order valence-corrected chi connectivity index (χ4v) is 5.00. The van der Waals surface area contributed by atoms with Crippen molar-refractivity contribution in [3.05, 3.63) is 35.4 Å². The third kappa shape index (κ3) is 7.12. The standard InChI is InChI=1S/C19H31N3O2S2.HI/c1-5-20-18(22-11-13-26(23,24)19(3,4)15-22)21-10-12-25-14-17-8-6-16(2)7-9-17;/h6-9H,5,10-15H2,1-4H3,(H,20,21);1H. The molecule has 0 atom stereocenters. The third-order valence-corrected chi connectivity index (χ3v) is 8.11. The molecule has 5 nitrogen and oxygen atoms in total. The van der Waals surface area contributed by atoms with Crippen LogP contribution in [0.5, 0.6) is 0 Å². The van der Waals surface area contributed by atoms with E-state index >= 15 is 0 Å². The molecule has 0 radical (unpaired) electrons. The normalized spacial score (nSPS) is 18.7. The summed E-state index contributed by atoms with van der Waals surface area (Å²) >= 11 is 1.87. The zero-order valence-corrected chi connectivity index (χ0v) is 20.7. The van der Waals surface area contributed by atoms with Crippen LogP contribution in [0.25, 0.3) is 0 Å². The minimum Gasteiger partial charge on any atom is -0.357 e. The number of guanidine groups is 1. The third-order valence-electron chi connectivity index (χ3n) is 4.56. The molecule has 1 fully saturated rings. The Kier molecular flexibility index (Phi) is 9.91. The van der Waals surface area contributed by atoms with Crippen molar-refractivity contribution < 1.29 is 8.42 Å². The van der Waals surface area contributed by atoms with Gasteiger partial charge in [-0.15, -0.1) is 24.0 Å². The van der Waals surface area contributed by atoms with Crippen LogP contribution < -0.4 is 5.32 Å². The Morgan fingerprint density at radius 1 is 1.30 bits per heavy atom. The molecule has 1 N–H and O–H groups in total. The van der Waals surface area contributed by atoms with Crippen LogP contribution in [0.15, 0.2) is 29.3 Å². The maximum absolute atomic E-state index is 12.2. The lowest BCUT2D eigenvalue weighted by molar-refractivity contribution is 0.353. The number of benzene rings is 1. The smallest absolute Gasteiger partial charge is 0.194 e. The van der Waals surface area contributed by atoms with Gasteiger partial charge in [0.2, 0.25) is 0 Å². The van der Waals surface area contributed by atoms with Crippen LogP contribution in [0.1, 0.15) is 31.9 Å². The fourth-order valence-electron chi connectivity index (χ4n) is 2.84. The highest BCUT2D eigenvalue weighted by molar-refractivity contribution is 14.0. The van der Waals surface area contributed by atoms with Crippen molar-refractivity contribution in [3.8, 4) is 0 Å². The van der Waals surface area contributed by atoms with Crippen LogP contribution in [0.2, 0.25) is 0 Å². The van der Waals surface area contributed by atoms with Gasteiger partial charge in [-0.3, -0.25) is 4.99 Å². The first kappa shape index (κ1) is 24.6. The molecule has 1 aliphatic rings. The van der Waals surface area contributed by atoms with Crippen LogP contribution >= 0.6 is 35.7 Å². The van der Waals surface area contributed by atoms with Crippen molar-refractivity contribution in [2.24, 2.45) is 4.99 Å². The molecular weight excluding hydrogens is 493 g/mol. The highest BCUT2D eigenvalue weighted by Crippen LogP contribution is 2.23. The van der Waals surface area contributed by atoms with E-state index in [0.29, 0.717) is 13.1 Å². The second-order valence-corrected chi connectivity index (χ2v) is 11.1.